The molecule has 1 saturated heterocycles. The van der Waals surface area contributed by atoms with Crippen molar-refractivity contribution in [1.82, 2.24) is 4.90 Å². The molecule has 33 heavy (non-hydrogen) atoms. The second kappa shape index (κ2) is 9.53. The van der Waals surface area contributed by atoms with Crippen molar-refractivity contribution < 1.29 is 14.0 Å². The largest absolute Gasteiger partial charge is 0.368 e. The molecule has 3 aromatic carbocycles. The van der Waals surface area contributed by atoms with Crippen LogP contribution in [0.4, 0.5) is 15.8 Å². The second-order valence-corrected chi connectivity index (χ2v) is 7.95. The molecule has 3 aromatic rings. The highest BCUT2D eigenvalue weighted by atomic mass is 19.1. The lowest BCUT2D eigenvalue weighted by Gasteiger charge is -2.36. The summed E-state index contributed by atoms with van der Waals surface area (Å²) in [5, 5.41) is 11.5. The fourth-order valence-corrected chi connectivity index (χ4v) is 3.77. The van der Waals surface area contributed by atoms with Gasteiger partial charge in [0.2, 0.25) is 0 Å². The van der Waals surface area contributed by atoms with Crippen LogP contribution in [0.5, 0.6) is 0 Å². The maximum atomic E-state index is 14.1. The number of piperazine rings is 1. The lowest BCUT2D eigenvalue weighted by molar-refractivity contribution is 0.0746. The maximum Gasteiger partial charge on any atom is 0.258 e. The van der Waals surface area contributed by atoms with E-state index in [0.29, 0.717) is 37.4 Å². The van der Waals surface area contributed by atoms with Crippen molar-refractivity contribution in [3.05, 3.63) is 94.8 Å². The summed E-state index contributed by atoms with van der Waals surface area (Å²) in [6, 6.07) is 20.5. The van der Waals surface area contributed by atoms with E-state index in [1.165, 1.54) is 12.1 Å². The zero-order valence-electron chi connectivity index (χ0n) is 18.2. The average Bonchev–Trinajstić information content (AvgIpc) is 2.84. The van der Waals surface area contributed by atoms with Crippen LogP contribution in [0, 0.1) is 24.1 Å². The Morgan fingerprint density at radius 2 is 1.61 bits per heavy atom. The Balaban J connectivity index is 1.34. The van der Waals surface area contributed by atoms with Crippen molar-refractivity contribution in [2.75, 3.05) is 36.4 Å². The number of rotatable bonds is 4. The van der Waals surface area contributed by atoms with Gasteiger partial charge in [-0.2, -0.15) is 5.26 Å². The fraction of sp³-hybridized carbons (Fsp3) is 0.192. The molecule has 0 aliphatic carbocycles. The second-order valence-electron chi connectivity index (χ2n) is 7.95. The molecule has 2 amide bonds. The standard InChI is InChI=1S/C26H23FN4O2/c1-18-2-5-20(6-3-18)26(33)31-14-12-30(13-15-31)22-9-7-21(8-10-22)29-25(32)23-11-4-19(17-28)16-24(23)27/h2-11,16H,12-15H2,1H3,(H,29,32). The molecule has 4 rings (SSSR count). The smallest absolute Gasteiger partial charge is 0.258 e. The lowest BCUT2D eigenvalue weighted by Crippen LogP contribution is -2.48. The van der Waals surface area contributed by atoms with Crippen molar-refractivity contribution in [1.29, 1.82) is 5.26 Å². The number of nitriles is 1. The summed E-state index contributed by atoms with van der Waals surface area (Å²) in [6.07, 6.45) is 0. The third-order valence-corrected chi connectivity index (χ3v) is 5.70. The predicted molar refractivity (Wildman–Crippen MR) is 125 cm³/mol. The van der Waals surface area contributed by atoms with Gasteiger partial charge >= 0.3 is 0 Å². The Labute approximate surface area is 191 Å². The van der Waals surface area contributed by atoms with Gasteiger partial charge in [-0.15, -0.1) is 0 Å². The first kappa shape index (κ1) is 22.0. The number of hydrogen-bond acceptors (Lipinski definition) is 4. The summed E-state index contributed by atoms with van der Waals surface area (Å²) in [4.78, 5) is 29.1. The number of halogens is 1. The first-order valence-electron chi connectivity index (χ1n) is 10.7. The van der Waals surface area contributed by atoms with Crippen LogP contribution in [0.15, 0.2) is 66.7 Å². The van der Waals surface area contributed by atoms with Gasteiger partial charge in [-0.1, -0.05) is 17.7 Å². The molecule has 7 heteroatoms. The Kier molecular flexibility index (Phi) is 6.36. The van der Waals surface area contributed by atoms with Gasteiger partial charge in [0.25, 0.3) is 11.8 Å². The first-order chi connectivity index (χ1) is 15.9. The van der Waals surface area contributed by atoms with Gasteiger partial charge in [-0.05, 0) is 61.5 Å². The fourth-order valence-electron chi connectivity index (χ4n) is 3.77. The van der Waals surface area contributed by atoms with E-state index < -0.39 is 11.7 Å². The van der Waals surface area contributed by atoms with Crippen molar-refractivity contribution in [3.63, 3.8) is 0 Å². The van der Waals surface area contributed by atoms with Gasteiger partial charge in [0.1, 0.15) is 5.82 Å². The van der Waals surface area contributed by atoms with Gasteiger partial charge in [0.15, 0.2) is 0 Å². The van der Waals surface area contributed by atoms with Gasteiger partial charge < -0.3 is 15.1 Å². The zero-order valence-corrected chi connectivity index (χ0v) is 18.2. The van der Waals surface area contributed by atoms with Crippen LogP contribution in [0.2, 0.25) is 0 Å². The number of aryl methyl sites for hydroxylation is 1. The van der Waals surface area contributed by atoms with E-state index >= 15 is 0 Å². The van der Waals surface area contributed by atoms with Gasteiger partial charge in [-0.3, -0.25) is 9.59 Å². The lowest BCUT2D eigenvalue weighted by atomic mass is 10.1. The van der Waals surface area contributed by atoms with Crippen LogP contribution in [0.25, 0.3) is 0 Å². The third-order valence-electron chi connectivity index (χ3n) is 5.70. The summed E-state index contributed by atoms with van der Waals surface area (Å²) in [5.41, 5.74) is 3.40. The minimum atomic E-state index is -0.735. The summed E-state index contributed by atoms with van der Waals surface area (Å²) in [7, 11) is 0. The molecule has 1 aliphatic heterocycles. The molecule has 1 fully saturated rings. The molecular formula is C26H23FN4O2. The van der Waals surface area contributed by atoms with E-state index in [0.717, 1.165) is 17.3 Å². The molecule has 0 bridgehead atoms. The minimum Gasteiger partial charge on any atom is -0.368 e. The number of carbonyl (C=O) groups is 2. The molecule has 1 aliphatic rings. The highest BCUT2D eigenvalue weighted by Crippen LogP contribution is 2.21. The van der Waals surface area contributed by atoms with Crippen LogP contribution in [0.1, 0.15) is 31.8 Å². The summed E-state index contributed by atoms with van der Waals surface area (Å²) < 4.78 is 14.1. The molecular weight excluding hydrogens is 419 g/mol. The van der Waals surface area contributed by atoms with Crippen molar-refractivity contribution in [2.45, 2.75) is 6.92 Å². The van der Waals surface area contributed by atoms with Crippen LogP contribution < -0.4 is 10.2 Å². The normalized spacial score (nSPS) is 13.4. The number of benzene rings is 3. The topological polar surface area (TPSA) is 76.4 Å². The maximum absolute atomic E-state index is 14.1. The molecule has 1 N–H and O–H groups in total. The Bertz CT molecular complexity index is 1210. The van der Waals surface area contributed by atoms with E-state index in [1.54, 1.807) is 12.1 Å². The highest BCUT2D eigenvalue weighted by molar-refractivity contribution is 6.04. The van der Waals surface area contributed by atoms with Crippen LogP contribution in [-0.4, -0.2) is 42.9 Å². The van der Waals surface area contributed by atoms with Crippen molar-refractivity contribution in [3.8, 4) is 6.07 Å². The van der Waals surface area contributed by atoms with E-state index in [4.69, 9.17) is 5.26 Å². The highest BCUT2D eigenvalue weighted by Gasteiger charge is 2.22. The van der Waals surface area contributed by atoms with Crippen LogP contribution >= 0.6 is 0 Å². The molecule has 0 atom stereocenters. The first-order valence-corrected chi connectivity index (χ1v) is 10.7. The van der Waals surface area contributed by atoms with Gasteiger partial charge in [0, 0.05) is 43.1 Å². The van der Waals surface area contributed by atoms with Gasteiger partial charge in [-0.25, -0.2) is 4.39 Å². The Morgan fingerprint density at radius 1 is 0.939 bits per heavy atom. The van der Waals surface area contributed by atoms with E-state index in [1.807, 2.05) is 54.3 Å². The monoisotopic (exact) mass is 442 g/mol. The van der Waals surface area contributed by atoms with Gasteiger partial charge in [0.05, 0.1) is 17.2 Å². The summed E-state index contributed by atoms with van der Waals surface area (Å²) in [5.74, 6) is -1.27. The van der Waals surface area contributed by atoms with Crippen LogP contribution in [-0.2, 0) is 0 Å². The molecule has 0 saturated carbocycles. The number of anilines is 2. The molecule has 1 heterocycles. The molecule has 6 nitrogen and oxygen atoms in total. The molecule has 0 spiro atoms. The van der Waals surface area contributed by atoms with Crippen molar-refractivity contribution >= 4 is 23.2 Å². The van der Waals surface area contributed by atoms with Crippen LogP contribution in [0.3, 0.4) is 0 Å². The quantitative estimate of drug-likeness (QED) is 0.656. The summed E-state index contributed by atoms with van der Waals surface area (Å²) >= 11 is 0. The molecule has 166 valence electrons. The molecule has 0 aromatic heterocycles. The molecule has 0 unspecified atom stereocenters. The SMILES string of the molecule is Cc1ccc(C(=O)N2CCN(c3ccc(NC(=O)c4ccc(C#N)cc4F)cc3)CC2)cc1. The third kappa shape index (κ3) is 5.01. The Hall–Kier alpha value is -4.18. The Morgan fingerprint density at radius 3 is 2.21 bits per heavy atom. The van der Waals surface area contributed by atoms with E-state index in [2.05, 4.69) is 10.2 Å². The predicted octanol–water partition coefficient (Wildman–Crippen LogP) is 4.22. The zero-order chi connectivity index (χ0) is 23.4. The number of carbonyl (C=O) groups excluding carboxylic acids is 2. The average molecular weight is 442 g/mol. The van der Waals surface area contributed by atoms with Crippen molar-refractivity contribution in [2.24, 2.45) is 0 Å². The number of nitrogens with one attached hydrogen (secondary N) is 1. The number of hydrogen-bond donors (Lipinski definition) is 1. The van der Waals surface area contributed by atoms with E-state index in [9.17, 15) is 14.0 Å². The summed E-state index contributed by atoms with van der Waals surface area (Å²) in [6.45, 7) is 4.67. The number of amides is 2. The molecule has 0 radical (unpaired) electrons. The number of nitrogens with zero attached hydrogens (tertiary/aromatic N) is 3. The minimum absolute atomic E-state index is 0.0442. The van der Waals surface area contributed by atoms with E-state index in [-0.39, 0.29) is 17.0 Å².